The van der Waals surface area contributed by atoms with E-state index >= 15 is 0 Å². The number of ether oxygens (including phenoxy) is 3. The van der Waals surface area contributed by atoms with Gasteiger partial charge in [-0.15, -0.1) is 0 Å². The molecule has 0 bridgehead atoms. The third-order valence-corrected chi connectivity index (χ3v) is 8.19. The van der Waals surface area contributed by atoms with E-state index in [1.807, 2.05) is 19.1 Å². The van der Waals surface area contributed by atoms with Gasteiger partial charge in [0, 0.05) is 20.6 Å². The Bertz CT molecular complexity index is 1800. The number of hydrogen-bond donors (Lipinski definition) is 1. The van der Waals surface area contributed by atoms with Crippen molar-refractivity contribution in [1.82, 2.24) is 5.32 Å². The largest absolute Gasteiger partial charge is 0.490 e. The Morgan fingerprint density at radius 3 is 2.22 bits per heavy atom. The van der Waals surface area contributed by atoms with Crippen molar-refractivity contribution < 1.29 is 28.6 Å². The standard InChI is InChI=1S/C33H24Cl3IN2O6/c1-2-43-29-15-20(14-28(37)30(29)45-18-21-5-8-23(35)16-27(21)36)13-26-31(40)38-33(42)39(32(26)41)24-9-11-25(12-10-24)44-17-19-3-6-22(34)7-4-19/h3-16H,2,17-18H2,1H3,(H,38,40,42)/b26-13+. The fourth-order valence-corrected chi connectivity index (χ4v) is 5.73. The van der Waals surface area contributed by atoms with Crippen LogP contribution in [0.15, 0.2) is 84.4 Å². The Hall–Kier alpha value is -3.77. The minimum atomic E-state index is -0.855. The number of imide groups is 2. The van der Waals surface area contributed by atoms with E-state index in [0.29, 0.717) is 54.7 Å². The first kappa shape index (κ1) is 32.6. The van der Waals surface area contributed by atoms with Gasteiger partial charge in [0.25, 0.3) is 11.8 Å². The zero-order valence-electron chi connectivity index (χ0n) is 23.6. The zero-order chi connectivity index (χ0) is 32.1. The molecule has 12 heteroatoms. The molecule has 1 aliphatic heterocycles. The van der Waals surface area contributed by atoms with Crippen LogP contribution in [0, 0.1) is 3.57 Å². The van der Waals surface area contributed by atoms with Crippen LogP contribution >= 0.6 is 57.4 Å². The second-order valence-electron chi connectivity index (χ2n) is 9.65. The van der Waals surface area contributed by atoms with Gasteiger partial charge < -0.3 is 14.2 Å². The second kappa shape index (κ2) is 14.6. The fourth-order valence-electron chi connectivity index (χ4n) is 4.36. The molecule has 1 heterocycles. The first-order valence-electron chi connectivity index (χ1n) is 13.5. The Morgan fingerprint density at radius 2 is 1.53 bits per heavy atom. The number of carbonyl (C=O) groups excluding carboxylic acids is 3. The summed E-state index contributed by atoms with van der Waals surface area (Å²) in [6.45, 7) is 2.64. The van der Waals surface area contributed by atoms with E-state index in [2.05, 4.69) is 27.9 Å². The molecular formula is C33H24Cl3IN2O6. The number of hydrogen-bond acceptors (Lipinski definition) is 6. The lowest BCUT2D eigenvalue weighted by molar-refractivity contribution is -0.122. The van der Waals surface area contributed by atoms with Crippen LogP contribution in [-0.4, -0.2) is 24.5 Å². The normalized spacial score (nSPS) is 14.0. The summed E-state index contributed by atoms with van der Waals surface area (Å²) < 4.78 is 18.4. The van der Waals surface area contributed by atoms with Crippen LogP contribution in [0.5, 0.6) is 17.2 Å². The summed E-state index contributed by atoms with van der Waals surface area (Å²) in [6, 6.07) is 21.3. The number of benzene rings is 4. The first-order chi connectivity index (χ1) is 21.6. The lowest BCUT2D eigenvalue weighted by Crippen LogP contribution is -2.54. The third kappa shape index (κ3) is 7.91. The van der Waals surface area contributed by atoms with Crippen molar-refractivity contribution in [3.05, 3.63) is 120 Å². The smallest absolute Gasteiger partial charge is 0.335 e. The molecule has 5 rings (SSSR count). The molecule has 0 aliphatic carbocycles. The Morgan fingerprint density at radius 1 is 0.822 bits per heavy atom. The molecule has 4 aromatic rings. The number of nitrogens with zero attached hydrogens (tertiary/aromatic N) is 1. The summed E-state index contributed by atoms with van der Waals surface area (Å²) >= 11 is 20.3. The van der Waals surface area contributed by atoms with Crippen molar-refractivity contribution >= 4 is 87.0 Å². The van der Waals surface area contributed by atoms with Crippen LogP contribution in [0.3, 0.4) is 0 Å². The number of urea groups is 1. The molecule has 4 aromatic carbocycles. The number of amides is 4. The minimum Gasteiger partial charge on any atom is -0.490 e. The molecular weight excluding hydrogens is 754 g/mol. The molecule has 45 heavy (non-hydrogen) atoms. The van der Waals surface area contributed by atoms with Crippen LogP contribution in [0.4, 0.5) is 10.5 Å². The molecule has 0 unspecified atom stereocenters. The molecule has 0 spiro atoms. The average molecular weight is 778 g/mol. The van der Waals surface area contributed by atoms with Gasteiger partial charge in [0.1, 0.15) is 24.5 Å². The highest BCUT2D eigenvalue weighted by Crippen LogP contribution is 2.36. The van der Waals surface area contributed by atoms with Crippen LogP contribution in [0.1, 0.15) is 23.6 Å². The third-order valence-electron chi connectivity index (χ3n) is 6.55. The number of nitrogens with one attached hydrogen (secondary N) is 1. The molecule has 0 saturated carbocycles. The highest BCUT2D eigenvalue weighted by molar-refractivity contribution is 14.1. The highest BCUT2D eigenvalue weighted by atomic mass is 127. The van der Waals surface area contributed by atoms with Crippen LogP contribution in [0.25, 0.3) is 6.08 Å². The maximum atomic E-state index is 13.5. The van der Waals surface area contributed by atoms with Crippen molar-refractivity contribution in [1.29, 1.82) is 0 Å². The van der Waals surface area contributed by atoms with Crippen LogP contribution in [-0.2, 0) is 22.8 Å². The van der Waals surface area contributed by atoms with Gasteiger partial charge in [-0.2, -0.15) is 0 Å². The van der Waals surface area contributed by atoms with Crippen LogP contribution < -0.4 is 24.4 Å². The molecule has 4 amide bonds. The molecule has 0 aromatic heterocycles. The van der Waals surface area contributed by atoms with Crippen molar-refractivity contribution in [3.63, 3.8) is 0 Å². The van der Waals surface area contributed by atoms with E-state index in [1.54, 1.807) is 66.7 Å². The van der Waals surface area contributed by atoms with Crippen LogP contribution in [0.2, 0.25) is 15.1 Å². The zero-order valence-corrected chi connectivity index (χ0v) is 28.0. The van der Waals surface area contributed by atoms with Gasteiger partial charge in [-0.1, -0.05) is 53.0 Å². The molecule has 0 atom stereocenters. The summed E-state index contributed by atoms with van der Waals surface area (Å²) in [5, 5.41) is 3.86. The van der Waals surface area contributed by atoms with Crippen molar-refractivity contribution in [2.75, 3.05) is 11.5 Å². The maximum Gasteiger partial charge on any atom is 0.335 e. The van der Waals surface area contributed by atoms with Crippen molar-refractivity contribution in [3.8, 4) is 17.2 Å². The summed E-state index contributed by atoms with van der Waals surface area (Å²) in [4.78, 5) is 40.0. The second-order valence-corrected chi connectivity index (χ2v) is 12.1. The lowest BCUT2D eigenvalue weighted by Gasteiger charge is -2.26. The Kier molecular flexibility index (Phi) is 10.5. The first-order valence-corrected chi connectivity index (χ1v) is 15.8. The van der Waals surface area contributed by atoms with E-state index in [0.717, 1.165) is 16.0 Å². The summed E-state index contributed by atoms with van der Waals surface area (Å²) in [5.41, 5.74) is 2.20. The van der Waals surface area contributed by atoms with Gasteiger partial charge in [0.15, 0.2) is 11.5 Å². The van der Waals surface area contributed by atoms with E-state index in [9.17, 15) is 14.4 Å². The molecule has 8 nitrogen and oxygen atoms in total. The summed E-state index contributed by atoms with van der Waals surface area (Å²) in [5.74, 6) is -0.171. The number of carbonyl (C=O) groups is 3. The number of barbiturate groups is 1. The molecule has 1 aliphatic rings. The molecule has 0 radical (unpaired) electrons. The van der Waals surface area contributed by atoms with Gasteiger partial charge in [-0.25, -0.2) is 9.69 Å². The minimum absolute atomic E-state index is 0.162. The van der Waals surface area contributed by atoms with E-state index in [1.165, 1.54) is 6.08 Å². The molecule has 1 fully saturated rings. The average Bonchev–Trinajstić information content (AvgIpc) is 3.00. The van der Waals surface area contributed by atoms with Crippen molar-refractivity contribution in [2.45, 2.75) is 20.1 Å². The monoisotopic (exact) mass is 776 g/mol. The number of rotatable bonds is 10. The Balaban J connectivity index is 1.35. The Labute approximate surface area is 287 Å². The van der Waals surface area contributed by atoms with Gasteiger partial charge in [0.2, 0.25) is 0 Å². The summed E-state index contributed by atoms with van der Waals surface area (Å²) in [6.07, 6.45) is 1.41. The van der Waals surface area contributed by atoms with Gasteiger partial charge >= 0.3 is 6.03 Å². The SMILES string of the molecule is CCOc1cc(/C=C2\C(=O)NC(=O)N(c3ccc(OCc4ccc(Cl)cc4)cc3)C2=O)cc(I)c1OCc1ccc(Cl)cc1Cl. The van der Waals surface area contributed by atoms with E-state index < -0.39 is 17.8 Å². The van der Waals surface area contributed by atoms with Crippen molar-refractivity contribution in [2.24, 2.45) is 0 Å². The van der Waals surface area contributed by atoms with Gasteiger partial charge in [-0.3, -0.25) is 14.9 Å². The predicted octanol–water partition coefficient (Wildman–Crippen LogP) is 8.47. The van der Waals surface area contributed by atoms with Gasteiger partial charge in [0.05, 0.1) is 15.9 Å². The predicted molar refractivity (Wildman–Crippen MR) is 182 cm³/mol. The molecule has 1 saturated heterocycles. The lowest BCUT2D eigenvalue weighted by atomic mass is 10.1. The van der Waals surface area contributed by atoms with E-state index in [4.69, 9.17) is 49.0 Å². The topological polar surface area (TPSA) is 94.2 Å². The van der Waals surface area contributed by atoms with Gasteiger partial charge in [-0.05, 0) is 107 Å². The number of halogens is 4. The number of anilines is 1. The molecule has 230 valence electrons. The fraction of sp³-hybridized carbons (Fsp3) is 0.121. The van der Waals surface area contributed by atoms with E-state index in [-0.39, 0.29) is 17.9 Å². The quantitative estimate of drug-likeness (QED) is 0.0987. The maximum absolute atomic E-state index is 13.5. The highest BCUT2D eigenvalue weighted by Gasteiger charge is 2.37. The molecule has 1 N–H and O–H groups in total. The summed E-state index contributed by atoms with van der Waals surface area (Å²) in [7, 11) is 0.